The third-order valence-electron chi connectivity index (χ3n) is 4.11. The number of carboxylic acids is 1. The molecule has 1 aromatic rings. The molecule has 0 bridgehead atoms. The molecule has 9 heteroatoms. The maximum absolute atomic E-state index is 13.8. The first-order valence-corrected chi connectivity index (χ1v) is 8.42. The Kier molecular flexibility index (Phi) is 3.88. The van der Waals surface area contributed by atoms with Gasteiger partial charge in [0.15, 0.2) is 0 Å². The summed E-state index contributed by atoms with van der Waals surface area (Å²) in [6, 6.07) is 3.30. The second kappa shape index (κ2) is 5.45. The van der Waals surface area contributed by atoms with E-state index in [9.17, 15) is 17.6 Å². The van der Waals surface area contributed by atoms with Gasteiger partial charge in [0.25, 0.3) is 0 Å². The van der Waals surface area contributed by atoms with E-state index in [1.165, 1.54) is 6.07 Å². The molecule has 1 N–H and O–H groups in total. The van der Waals surface area contributed by atoms with E-state index in [2.05, 4.69) is 0 Å². The Morgan fingerprint density at radius 1 is 1.41 bits per heavy atom. The maximum atomic E-state index is 13.8. The number of aliphatic carboxylic acids is 1. The van der Waals surface area contributed by atoms with Crippen LogP contribution in [0.2, 0.25) is 5.02 Å². The summed E-state index contributed by atoms with van der Waals surface area (Å²) in [6.07, 6.45) is -0.474. The number of carboxylic acid groups (broad SMARTS) is 1. The average Bonchev–Trinajstić information content (AvgIpc) is 3.01. The van der Waals surface area contributed by atoms with E-state index in [0.29, 0.717) is 0 Å². The second-order valence-corrected chi connectivity index (χ2v) is 7.72. The fourth-order valence-electron chi connectivity index (χ4n) is 2.94. The number of hydrogen-bond donors (Lipinski definition) is 1. The Balaban J connectivity index is 1.89. The minimum Gasteiger partial charge on any atom is -0.481 e. The molecule has 6 nitrogen and oxygen atoms in total. The van der Waals surface area contributed by atoms with E-state index in [1.807, 2.05) is 0 Å². The molecule has 1 aromatic carbocycles. The van der Waals surface area contributed by atoms with Gasteiger partial charge in [-0.2, -0.15) is 4.31 Å². The minimum absolute atomic E-state index is 0.00405. The van der Waals surface area contributed by atoms with Crippen molar-refractivity contribution in [2.24, 2.45) is 11.8 Å². The van der Waals surface area contributed by atoms with Crippen molar-refractivity contribution in [1.29, 1.82) is 0 Å². The summed E-state index contributed by atoms with van der Waals surface area (Å²) < 4.78 is 45.3. The number of benzene rings is 1. The highest BCUT2D eigenvalue weighted by atomic mass is 35.5. The van der Waals surface area contributed by atoms with Gasteiger partial charge in [-0.3, -0.25) is 4.79 Å². The predicted octanol–water partition coefficient (Wildman–Crippen LogP) is 1.20. The first-order chi connectivity index (χ1) is 10.3. The summed E-state index contributed by atoms with van der Waals surface area (Å²) in [5.74, 6) is -3.07. The fraction of sp³-hybridized carbons (Fsp3) is 0.462. The average molecular weight is 350 g/mol. The highest BCUT2D eigenvalue weighted by molar-refractivity contribution is 7.89. The molecule has 0 radical (unpaired) electrons. The molecule has 0 amide bonds. The molecule has 2 aliphatic heterocycles. The normalized spacial score (nSPS) is 28.7. The highest BCUT2D eigenvalue weighted by Gasteiger charge is 2.50. The molecule has 0 aliphatic carbocycles. The summed E-state index contributed by atoms with van der Waals surface area (Å²) in [5, 5.41) is 9.23. The Morgan fingerprint density at radius 3 is 2.82 bits per heavy atom. The van der Waals surface area contributed by atoms with E-state index < -0.39 is 44.6 Å². The van der Waals surface area contributed by atoms with Gasteiger partial charge in [-0.05, 0) is 18.2 Å². The van der Waals surface area contributed by atoms with Crippen molar-refractivity contribution in [3.8, 4) is 0 Å². The van der Waals surface area contributed by atoms with Gasteiger partial charge in [0, 0.05) is 24.0 Å². The van der Waals surface area contributed by atoms with E-state index in [4.69, 9.17) is 21.4 Å². The standard InChI is InChI=1S/C13H13ClFNO5S/c14-7-1-2-10(15)12(3-7)22(19,20)16-4-8-9(13(17)18)6-21-11(8)5-16/h1-3,8-9,11H,4-6H2,(H,17,18)/t8-,9-,11-/m1/s1. The van der Waals surface area contributed by atoms with Gasteiger partial charge in [-0.15, -0.1) is 0 Å². The van der Waals surface area contributed by atoms with Crippen molar-refractivity contribution in [2.75, 3.05) is 19.7 Å². The number of ether oxygens (including phenoxy) is 1. The largest absolute Gasteiger partial charge is 0.481 e. The third kappa shape index (κ3) is 2.50. The molecule has 0 aromatic heterocycles. The summed E-state index contributed by atoms with van der Waals surface area (Å²) in [6.45, 7) is 0.0860. The van der Waals surface area contributed by atoms with E-state index in [0.717, 1.165) is 16.4 Å². The van der Waals surface area contributed by atoms with Gasteiger partial charge in [-0.25, -0.2) is 12.8 Å². The minimum atomic E-state index is -4.08. The Bertz CT molecular complexity index is 725. The molecule has 2 heterocycles. The van der Waals surface area contributed by atoms with E-state index >= 15 is 0 Å². The van der Waals surface area contributed by atoms with Crippen molar-refractivity contribution in [3.63, 3.8) is 0 Å². The molecule has 3 rings (SSSR count). The lowest BCUT2D eigenvalue weighted by molar-refractivity contribution is -0.142. The second-order valence-electron chi connectivity index (χ2n) is 5.38. The molecule has 0 spiro atoms. The molecular formula is C13H13ClFNO5S. The number of nitrogens with zero attached hydrogens (tertiary/aromatic N) is 1. The molecular weight excluding hydrogens is 337 g/mol. The van der Waals surface area contributed by atoms with Gasteiger partial charge >= 0.3 is 5.97 Å². The predicted molar refractivity (Wildman–Crippen MR) is 74.5 cm³/mol. The van der Waals surface area contributed by atoms with Gasteiger partial charge in [0.1, 0.15) is 10.7 Å². The van der Waals surface area contributed by atoms with Crippen LogP contribution in [0.15, 0.2) is 23.1 Å². The van der Waals surface area contributed by atoms with Crippen LogP contribution in [0.1, 0.15) is 0 Å². The molecule has 2 fully saturated rings. The number of hydrogen-bond acceptors (Lipinski definition) is 4. The summed E-state index contributed by atoms with van der Waals surface area (Å²) >= 11 is 5.74. The zero-order valence-electron chi connectivity index (χ0n) is 11.3. The quantitative estimate of drug-likeness (QED) is 0.886. The van der Waals surface area contributed by atoms with Crippen molar-refractivity contribution in [2.45, 2.75) is 11.0 Å². The Morgan fingerprint density at radius 2 is 2.14 bits per heavy atom. The van der Waals surface area contributed by atoms with Crippen LogP contribution in [0.25, 0.3) is 0 Å². The van der Waals surface area contributed by atoms with Gasteiger partial charge in [-0.1, -0.05) is 11.6 Å². The lowest BCUT2D eigenvalue weighted by Crippen LogP contribution is -2.33. The lowest BCUT2D eigenvalue weighted by atomic mass is 9.94. The molecule has 0 saturated carbocycles. The SMILES string of the molecule is O=C(O)[C@@H]1CO[C@@H]2CN(S(=O)(=O)c3cc(Cl)ccc3F)C[C@@H]21. The lowest BCUT2D eigenvalue weighted by Gasteiger charge is -2.18. The van der Waals surface area contributed by atoms with Crippen LogP contribution in [0, 0.1) is 17.7 Å². The monoisotopic (exact) mass is 349 g/mol. The van der Waals surface area contributed by atoms with Crippen molar-refractivity contribution in [1.82, 2.24) is 4.31 Å². The number of rotatable bonds is 3. The van der Waals surface area contributed by atoms with Crippen LogP contribution in [0.3, 0.4) is 0 Å². The first kappa shape index (κ1) is 15.7. The molecule has 0 unspecified atom stereocenters. The molecule has 3 atom stereocenters. The molecule has 22 heavy (non-hydrogen) atoms. The first-order valence-electron chi connectivity index (χ1n) is 6.60. The summed E-state index contributed by atoms with van der Waals surface area (Å²) in [7, 11) is -4.08. The highest BCUT2D eigenvalue weighted by Crippen LogP contribution is 2.37. The van der Waals surface area contributed by atoms with E-state index in [1.54, 1.807) is 0 Å². The van der Waals surface area contributed by atoms with Crippen LogP contribution >= 0.6 is 11.6 Å². The van der Waals surface area contributed by atoms with Crippen molar-refractivity contribution < 1.29 is 27.4 Å². The molecule has 2 saturated heterocycles. The van der Waals surface area contributed by atoms with Gasteiger partial charge in [0.05, 0.1) is 18.6 Å². The van der Waals surface area contributed by atoms with Crippen LogP contribution in [-0.2, 0) is 19.6 Å². The Hall–Kier alpha value is -1.22. The number of sulfonamides is 1. The van der Waals surface area contributed by atoms with Gasteiger partial charge < -0.3 is 9.84 Å². The van der Waals surface area contributed by atoms with E-state index in [-0.39, 0.29) is 24.7 Å². The number of halogens is 2. The van der Waals surface area contributed by atoms with Crippen LogP contribution in [0.5, 0.6) is 0 Å². The van der Waals surface area contributed by atoms with Crippen molar-refractivity contribution in [3.05, 3.63) is 29.0 Å². The van der Waals surface area contributed by atoms with Crippen LogP contribution < -0.4 is 0 Å². The Labute approximate surface area is 131 Å². The summed E-state index contributed by atoms with van der Waals surface area (Å²) in [5.41, 5.74) is 0. The number of carbonyl (C=O) groups is 1. The molecule has 120 valence electrons. The smallest absolute Gasteiger partial charge is 0.309 e. The van der Waals surface area contributed by atoms with Crippen LogP contribution in [0.4, 0.5) is 4.39 Å². The number of fused-ring (bicyclic) bond motifs is 1. The zero-order valence-corrected chi connectivity index (χ0v) is 12.8. The zero-order chi connectivity index (χ0) is 16.1. The van der Waals surface area contributed by atoms with Crippen LogP contribution in [-0.4, -0.2) is 49.6 Å². The summed E-state index contributed by atoms with van der Waals surface area (Å²) in [4.78, 5) is 10.6. The van der Waals surface area contributed by atoms with Gasteiger partial charge in [0.2, 0.25) is 10.0 Å². The molecule has 2 aliphatic rings. The fourth-order valence-corrected chi connectivity index (χ4v) is 4.76. The maximum Gasteiger partial charge on any atom is 0.309 e. The van der Waals surface area contributed by atoms with Crippen molar-refractivity contribution >= 4 is 27.6 Å². The third-order valence-corrected chi connectivity index (χ3v) is 6.19. The topological polar surface area (TPSA) is 83.9 Å².